The first-order chi connectivity index (χ1) is 4.25. The van der Waals surface area contributed by atoms with E-state index in [0.29, 0.717) is 0 Å². The van der Waals surface area contributed by atoms with Gasteiger partial charge in [0, 0.05) is 12.1 Å². The fraction of sp³-hybridized carbons (Fsp3) is 0.571. The molecule has 50 valence electrons. The maximum absolute atomic E-state index is 10.8. The van der Waals surface area contributed by atoms with Gasteiger partial charge in [-0.1, -0.05) is 6.92 Å². The molecule has 1 amide bonds. The van der Waals surface area contributed by atoms with Crippen LogP contribution in [0, 0.1) is 0 Å². The molecule has 0 spiro atoms. The van der Waals surface area contributed by atoms with Crippen molar-refractivity contribution in [3.8, 4) is 0 Å². The van der Waals surface area contributed by atoms with E-state index in [-0.39, 0.29) is 5.91 Å². The van der Waals surface area contributed by atoms with Crippen LogP contribution in [0.1, 0.15) is 20.3 Å². The highest BCUT2D eigenvalue weighted by molar-refractivity contribution is 5.96. The van der Waals surface area contributed by atoms with Gasteiger partial charge in [0.15, 0.2) is 0 Å². The number of carbonyl (C=O) groups excluding carboxylic acids is 1. The average molecular weight is 125 g/mol. The van der Waals surface area contributed by atoms with E-state index in [1.165, 1.54) is 5.57 Å². The molecule has 2 nitrogen and oxygen atoms in total. The van der Waals surface area contributed by atoms with E-state index < -0.39 is 0 Å². The Bertz CT molecular complexity index is 170. The molecule has 0 saturated heterocycles. The van der Waals surface area contributed by atoms with Crippen LogP contribution in [0.3, 0.4) is 0 Å². The van der Waals surface area contributed by atoms with Crippen molar-refractivity contribution in [1.29, 1.82) is 0 Å². The van der Waals surface area contributed by atoms with E-state index >= 15 is 0 Å². The van der Waals surface area contributed by atoms with Crippen molar-refractivity contribution in [3.63, 3.8) is 0 Å². The smallest absolute Gasteiger partial charge is 0.247 e. The lowest BCUT2D eigenvalue weighted by molar-refractivity contribution is -0.116. The molecule has 1 heterocycles. The van der Waals surface area contributed by atoms with Crippen molar-refractivity contribution in [3.05, 3.63) is 11.1 Å². The van der Waals surface area contributed by atoms with Crippen LogP contribution in [-0.2, 0) is 4.79 Å². The van der Waals surface area contributed by atoms with E-state index in [1.54, 1.807) is 0 Å². The maximum Gasteiger partial charge on any atom is 0.247 e. The van der Waals surface area contributed by atoms with Gasteiger partial charge in [0.1, 0.15) is 0 Å². The normalized spacial score (nSPS) is 18.7. The second-order valence-corrected chi connectivity index (χ2v) is 2.30. The molecule has 0 fully saturated rings. The summed E-state index contributed by atoms with van der Waals surface area (Å²) < 4.78 is 0. The molecule has 0 atom stereocenters. The molecule has 0 saturated carbocycles. The fourth-order valence-corrected chi connectivity index (χ4v) is 1.08. The van der Waals surface area contributed by atoms with Gasteiger partial charge >= 0.3 is 0 Å². The lowest BCUT2D eigenvalue weighted by Gasteiger charge is -1.91. The van der Waals surface area contributed by atoms with Gasteiger partial charge in [-0.3, -0.25) is 4.79 Å². The molecule has 0 aromatic rings. The molecule has 0 aromatic carbocycles. The van der Waals surface area contributed by atoms with E-state index in [2.05, 4.69) is 5.32 Å². The molecule has 0 aliphatic carbocycles. The maximum atomic E-state index is 10.8. The number of hydrogen-bond acceptors (Lipinski definition) is 1. The highest BCUT2D eigenvalue weighted by atomic mass is 16.1. The number of rotatable bonds is 1. The van der Waals surface area contributed by atoms with Crippen molar-refractivity contribution in [1.82, 2.24) is 5.32 Å². The van der Waals surface area contributed by atoms with Gasteiger partial charge in [0.05, 0.1) is 0 Å². The van der Waals surface area contributed by atoms with Crippen LogP contribution in [0.2, 0.25) is 0 Å². The zero-order chi connectivity index (χ0) is 6.85. The van der Waals surface area contributed by atoms with Crippen molar-refractivity contribution in [2.24, 2.45) is 0 Å². The second-order valence-electron chi connectivity index (χ2n) is 2.30. The molecule has 1 aliphatic heterocycles. The summed E-state index contributed by atoms with van der Waals surface area (Å²) in [4.78, 5) is 10.8. The van der Waals surface area contributed by atoms with E-state index in [1.807, 2.05) is 13.8 Å². The third-order valence-corrected chi connectivity index (χ3v) is 1.66. The van der Waals surface area contributed by atoms with Gasteiger partial charge in [-0.05, 0) is 18.9 Å². The SMILES string of the molecule is CCC1=C(C)CNC1=O. The molecule has 1 aliphatic rings. The first-order valence-electron chi connectivity index (χ1n) is 3.22. The minimum Gasteiger partial charge on any atom is -0.349 e. The molecule has 0 bridgehead atoms. The largest absolute Gasteiger partial charge is 0.349 e. The summed E-state index contributed by atoms with van der Waals surface area (Å²) in [6.07, 6.45) is 0.859. The quantitative estimate of drug-likeness (QED) is 0.553. The Labute approximate surface area is 54.9 Å². The van der Waals surface area contributed by atoms with E-state index in [9.17, 15) is 4.79 Å². The molecule has 0 aromatic heterocycles. The minimum absolute atomic E-state index is 0.120. The highest BCUT2D eigenvalue weighted by Crippen LogP contribution is 2.12. The van der Waals surface area contributed by atoms with Gasteiger partial charge in [0.2, 0.25) is 5.91 Å². The molecule has 0 radical (unpaired) electrons. The number of amides is 1. The average Bonchev–Trinajstić information content (AvgIpc) is 2.12. The summed E-state index contributed by atoms with van der Waals surface area (Å²) in [5.74, 6) is 0.120. The fourth-order valence-electron chi connectivity index (χ4n) is 1.08. The summed E-state index contributed by atoms with van der Waals surface area (Å²) in [5.41, 5.74) is 2.16. The number of carbonyl (C=O) groups is 1. The molecular formula is C7H11NO. The van der Waals surface area contributed by atoms with Crippen molar-refractivity contribution in [2.45, 2.75) is 20.3 Å². The van der Waals surface area contributed by atoms with Crippen LogP contribution in [0.4, 0.5) is 0 Å². The second kappa shape index (κ2) is 2.21. The summed E-state index contributed by atoms with van der Waals surface area (Å²) in [6, 6.07) is 0. The molecule has 0 unspecified atom stereocenters. The summed E-state index contributed by atoms with van der Waals surface area (Å²) >= 11 is 0. The first kappa shape index (κ1) is 6.33. The van der Waals surface area contributed by atoms with Crippen molar-refractivity contribution < 1.29 is 4.79 Å². The van der Waals surface area contributed by atoms with Crippen LogP contribution in [0.15, 0.2) is 11.1 Å². The van der Waals surface area contributed by atoms with Crippen LogP contribution in [-0.4, -0.2) is 12.5 Å². The molecule has 2 heteroatoms. The van der Waals surface area contributed by atoms with E-state index in [4.69, 9.17) is 0 Å². The standard InChI is InChI=1S/C7H11NO/c1-3-6-5(2)4-8-7(6)9/h3-4H2,1-2H3,(H,8,9). The van der Waals surface area contributed by atoms with Crippen LogP contribution >= 0.6 is 0 Å². The lowest BCUT2D eigenvalue weighted by atomic mass is 10.1. The zero-order valence-corrected chi connectivity index (χ0v) is 5.82. The first-order valence-corrected chi connectivity index (χ1v) is 3.22. The van der Waals surface area contributed by atoms with Crippen molar-refractivity contribution in [2.75, 3.05) is 6.54 Å². The third-order valence-electron chi connectivity index (χ3n) is 1.66. The van der Waals surface area contributed by atoms with Gasteiger partial charge in [0.25, 0.3) is 0 Å². The van der Waals surface area contributed by atoms with Gasteiger partial charge < -0.3 is 5.32 Å². The topological polar surface area (TPSA) is 29.1 Å². The van der Waals surface area contributed by atoms with Crippen LogP contribution in [0.5, 0.6) is 0 Å². The molecule has 1 rings (SSSR count). The summed E-state index contributed by atoms with van der Waals surface area (Å²) in [5, 5.41) is 2.76. The lowest BCUT2D eigenvalue weighted by Crippen LogP contribution is -2.17. The molecular weight excluding hydrogens is 114 g/mol. The number of hydrogen-bond donors (Lipinski definition) is 1. The van der Waals surface area contributed by atoms with Crippen LogP contribution < -0.4 is 5.32 Å². The minimum atomic E-state index is 0.120. The number of nitrogens with one attached hydrogen (secondary N) is 1. The Hall–Kier alpha value is -0.790. The molecule has 9 heavy (non-hydrogen) atoms. The van der Waals surface area contributed by atoms with E-state index in [0.717, 1.165) is 18.5 Å². The Morgan fingerprint density at radius 1 is 1.67 bits per heavy atom. The van der Waals surface area contributed by atoms with Crippen LogP contribution in [0.25, 0.3) is 0 Å². The van der Waals surface area contributed by atoms with Crippen molar-refractivity contribution >= 4 is 5.91 Å². The summed E-state index contributed by atoms with van der Waals surface area (Å²) in [6.45, 7) is 4.75. The van der Waals surface area contributed by atoms with Gasteiger partial charge in [-0.2, -0.15) is 0 Å². The highest BCUT2D eigenvalue weighted by Gasteiger charge is 2.16. The Morgan fingerprint density at radius 3 is 2.56 bits per heavy atom. The zero-order valence-electron chi connectivity index (χ0n) is 5.82. The Kier molecular flexibility index (Phi) is 1.56. The summed E-state index contributed by atoms with van der Waals surface area (Å²) in [7, 11) is 0. The van der Waals surface area contributed by atoms with Gasteiger partial charge in [-0.15, -0.1) is 0 Å². The molecule has 1 N–H and O–H groups in total. The Morgan fingerprint density at radius 2 is 2.33 bits per heavy atom. The predicted molar refractivity (Wildman–Crippen MR) is 36.0 cm³/mol. The third kappa shape index (κ3) is 0.969. The monoisotopic (exact) mass is 125 g/mol. The Balaban J connectivity index is 2.82. The van der Waals surface area contributed by atoms with Gasteiger partial charge in [-0.25, -0.2) is 0 Å². The predicted octanol–water partition coefficient (Wildman–Crippen LogP) is 0.843.